The Morgan fingerprint density at radius 1 is 1.35 bits per heavy atom. The van der Waals surface area contributed by atoms with Gasteiger partial charge >= 0.3 is 6.09 Å². The van der Waals surface area contributed by atoms with Crippen LogP contribution in [-0.2, 0) is 0 Å². The quantitative estimate of drug-likeness (QED) is 0.396. The second-order valence-electron chi connectivity index (χ2n) is 5.34. The van der Waals surface area contributed by atoms with Gasteiger partial charge in [0.05, 0.1) is 15.3 Å². The lowest BCUT2D eigenvalue weighted by molar-refractivity contribution is -0.384. The van der Waals surface area contributed by atoms with Gasteiger partial charge in [-0.25, -0.2) is 9.78 Å². The van der Waals surface area contributed by atoms with E-state index in [0.717, 1.165) is 9.58 Å². The number of nitrogens with two attached hydrogens (primary N) is 1. The molecule has 0 bridgehead atoms. The van der Waals surface area contributed by atoms with Crippen LogP contribution >= 0.6 is 22.9 Å². The number of imidazole rings is 1. The van der Waals surface area contributed by atoms with E-state index >= 15 is 0 Å². The summed E-state index contributed by atoms with van der Waals surface area (Å²) in [7, 11) is 0. The Balaban J connectivity index is 1.86. The number of benzene rings is 2. The monoisotopic (exact) mass is 388 g/mol. The first-order chi connectivity index (χ1) is 12.4. The molecule has 130 valence electrons. The van der Waals surface area contributed by atoms with Gasteiger partial charge in [0.25, 0.3) is 5.69 Å². The van der Waals surface area contributed by atoms with Crippen LogP contribution in [-0.4, -0.2) is 21.0 Å². The Labute approximate surface area is 154 Å². The molecule has 26 heavy (non-hydrogen) atoms. The van der Waals surface area contributed by atoms with E-state index in [1.165, 1.54) is 17.4 Å². The molecule has 0 fully saturated rings. The number of halogens is 1. The molecule has 0 aliphatic heterocycles. The molecule has 0 unspecified atom stereocenters. The Morgan fingerprint density at radius 3 is 2.88 bits per heavy atom. The minimum Gasteiger partial charge on any atom is -0.408 e. The number of rotatable bonds is 3. The number of nitrogens with zero attached hydrogens (tertiary/aromatic N) is 2. The molecule has 2 aromatic carbocycles. The van der Waals surface area contributed by atoms with Crippen LogP contribution in [0.4, 0.5) is 10.5 Å². The minimum atomic E-state index is -0.928. The van der Waals surface area contributed by atoms with E-state index in [1.54, 1.807) is 30.3 Å². The smallest absolute Gasteiger partial charge is 0.408 e. The maximum atomic E-state index is 11.0. The van der Waals surface area contributed by atoms with Crippen molar-refractivity contribution in [1.29, 1.82) is 0 Å². The number of aromatic nitrogens is 2. The Kier molecular flexibility index (Phi) is 3.74. The highest BCUT2D eigenvalue weighted by Crippen LogP contribution is 2.40. The average Bonchev–Trinajstić information content (AvgIpc) is 3.18. The Morgan fingerprint density at radius 2 is 2.15 bits per heavy atom. The van der Waals surface area contributed by atoms with Crippen LogP contribution in [0.5, 0.6) is 5.75 Å². The molecule has 0 saturated carbocycles. The second kappa shape index (κ2) is 5.97. The predicted molar refractivity (Wildman–Crippen MR) is 98.8 cm³/mol. The highest BCUT2D eigenvalue weighted by molar-refractivity contribution is 7.22. The molecule has 2 heterocycles. The van der Waals surface area contributed by atoms with Gasteiger partial charge in [0.2, 0.25) is 0 Å². The number of nitrogens with one attached hydrogen (secondary N) is 1. The summed E-state index contributed by atoms with van der Waals surface area (Å²) in [6, 6.07) is 9.84. The van der Waals surface area contributed by atoms with E-state index in [9.17, 15) is 14.9 Å². The fourth-order valence-corrected chi connectivity index (χ4v) is 4.00. The highest BCUT2D eigenvalue weighted by atomic mass is 35.5. The van der Waals surface area contributed by atoms with Gasteiger partial charge < -0.3 is 15.5 Å². The fourth-order valence-electron chi connectivity index (χ4n) is 2.64. The largest absolute Gasteiger partial charge is 0.410 e. The van der Waals surface area contributed by atoms with Gasteiger partial charge in [-0.3, -0.25) is 10.1 Å². The number of hydrogen-bond donors (Lipinski definition) is 2. The topological polar surface area (TPSA) is 124 Å². The Bertz CT molecular complexity index is 1200. The van der Waals surface area contributed by atoms with E-state index in [-0.39, 0.29) is 16.5 Å². The second-order valence-corrected chi connectivity index (χ2v) is 6.80. The summed E-state index contributed by atoms with van der Waals surface area (Å²) >= 11 is 7.55. The lowest BCUT2D eigenvalue weighted by Gasteiger charge is -1.99. The van der Waals surface area contributed by atoms with Crippen molar-refractivity contribution in [2.24, 2.45) is 5.73 Å². The molecular formula is C16H9ClN4O4S. The number of ether oxygens (including phenoxy) is 1. The van der Waals surface area contributed by atoms with E-state index in [0.29, 0.717) is 22.2 Å². The molecule has 1 amide bonds. The van der Waals surface area contributed by atoms with E-state index in [2.05, 4.69) is 9.97 Å². The lowest BCUT2D eigenvalue weighted by Crippen LogP contribution is -2.16. The number of carbonyl (C=O) groups is 1. The summed E-state index contributed by atoms with van der Waals surface area (Å²) in [5.41, 5.74) is 6.04. The number of fused-ring (bicyclic) bond motifs is 2. The zero-order chi connectivity index (χ0) is 18.4. The molecule has 0 saturated heterocycles. The molecule has 0 atom stereocenters. The van der Waals surface area contributed by atoms with Crippen LogP contribution in [0.1, 0.15) is 0 Å². The van der Waals surface area contributed by atoms with Crippen molar-refractivity contribution in [2.45, 2.75) is 0 Å². The number of nitro groups is 1. The summed E-state index contributed by atoms with van der Waals surface area (Å²) in [5, 5.41) is 11.7. The average molecular weight is 389 g/mol. The Hall–Kier alpha value is -3.17. The van der Waals surface area contributed by atoms with Crippen LogP contribution < -0.4 is 10.5 Å². The van der Waals surface area contributed by atoms with Crippen molar-refractivity contribution in [3.8, 4) is 16.5 Å². The molecular weight excluding hydrogens is 380 g/mol. The van der Waals surface area contributed by atoms with Crippen molar-refractivity contribution < 1.29 is 14.5 Å². The summed E-state index contributed by atoms with van der Waals surface area (Å²) in [6.07, 6.45) is -0.928. The summed E-state index contributed by atoms with van der Waals surface area (Å²) in [4.78, 5) is 29.9. The van der Waals surface area contributed by atoms with E-state index in [1.807, 2.05) is 0 Å². The molecule has 10 heteroatoms. The summed E-state index contributed by atoms with van der Waals surface area (Å²) < 4.78 is 5.76. The van der Waals surface area contributed by atoms with Crippen LogP contribution in [0.25, 0.3) is 31.8 Å². The molecule has 2 aromatic heterocycles. The number of hydrogen-bond acceptors (Lipinski definition) is 6. The van der Waals surface area contributed by atoms with Gasteiger partial charge in [-0.15, -0.1) is 11.3 Å². The minimum absolute atomic E-state index is 0.0869. The highest BCUT2D eigenvalue weighted by Gasteiger charge is 2.19. The summed E-state index contributed by atoms with van der Waals surface area (Å²) in [6.45, 7) is 0. The maximum Gasteiger partial charge on any atom is 0.410 e. The fraction of sp³-hybridized carbons (Fsp3) is 0. The molecule has 3 N–H and O–H groups in total. The van der Waals surface area contributed by atoms with Gasteiger partial charge in [0.1, 0.15) is 16.4 Å². The van der Waals surface area contributed by atoms with E-state index < -0.39 is 11.0 Å². The zero-order valence-corrected chi connectivity index (χ0v) is 14.4. The first kappa shape index (κ1) is 16.3. The number of thiophene rings is 1. The van der Waals surface area contributed by atoms with Crippen molar-refractivity contribution in [3.63, 3.8) is 0 Å². The molecule has 0 radical (unpaired) electrons. The normalized spacial score (nSPS) is 11.1. The first-order valence-corrected chi connectivity index (χ1v) is 8.46. The van der Waals surface area contributed by atoms with Crippen LogP contribution in [0, 0.1) is 10.1 Å². The zero-order valence-electron chi connectivity index (χ0n) is 12.9. The molecule has 0 spiro atoms. The van der Waals surface area contributed by atoms with Crippen molar-refractivity contribution in [2.75, 3.05) is 0 Å². The SMILES string of the molecule is NC(=O)Oc1cccc2[nH]c(-c3cc4c(Cl)c([N+](=O)[O-])ccc4s3)nc12. The molecule has 0 aliphatic carbocycles. The van der Waals surface area contributed by atoms with Gasteiger partial charge in [-0.2, -0.15) is 0 Å². The predicted octanol–water partition coefficient (Wildman–Crippen LogP) is 4.46. The van der Waals surface area contributed by atoms with Gasteiger partial charge in [-0.1, -0.05) is 17.7 Å². The maximum absolute atomic E-state index is 11.0. The van der Waals surface area contributed by atoms with Gasteiger partial charge in [0.15, 0.2) is 5.75 Å². The van der Waals surface area contributed by atoms with Crippen molar-refractivity contribution >= 4 is 55.8 Å². The van der Waals surface area contributed by atoms with Crippen molar-refractivity contribution in [1.82, 2.24) is 9.97 Å². The summed E-state index contributed by atoms with van der Waals surface area (Å²) in [5.74, 6) is 0.771. The third-order valence-electron chi connectivity index (χ3n) is 3.73. The third-order valence-corrected chi connectivity index (χ3v) is 5.24. The molecule has 4 rings (SSSR count). The van der Waals surface area contributed by atoms with Crippen LogP contribution in [0.2, 0.25) is 5.02 Å². The number of nitro benzene ring substituents is 1. The lowest BCUT2D eigenvalue weighted by atomic mass is 10.2. The van der Waals surface area contributed by atoms with Gasteiger partial charge in [-0.05, 0) is 24.3 Å². The number of amides is 1. The van der Waals surface area contributed by atoms with Crippen LogP contribution in [0.3, 0.4) is 0 Å². The number of carbonyl (C=O) groups excluding carboxylic acids is 1. The van der Waals surface area contributed by atoms with Crippen LogP contribution in [0.15, 0.2) is 36.4 Å². The van der Waals surface area contributed by atoms with Gasteiger partial charge in [0, 0.05) is 16.2 Å². The standard InChI is InChI=1S/C16H9ClN4O4S/c17-13-7-6-12(26-11(7)5-4-9(13)21(23)24)15-19-8-2-1-3-10(14(8)20-15)25-16(18)22/h1-6H,(H2,18,22)(H,19,20). The molecule has 0 aliphatic rings. The third kappa shape index (κ3) is 2.63. The number of aromatic amines is 1. The molecule has 4 aromatic rings. The first-order valence-electron chi connectivity index (χ1n) is 7.27. The molecule has 8 nitrogen and oxygen atoms in total. The number of H-pyrrole nitrogens is 1. The number of primary amides is 1. The number of para-hydroxylation sites is 1. The van der Waals surface area contributed by atoms with Crippen molar-refractivity contribution in [3.05, 3.63) is 51.5 Å². The van der Waals surface area contributed by atoms with E-state index in [4.69, 9.17) is 22.1 Å².